The van der Waals surface area contributed by atoms with E-state index < -0.39 is 6.10 Å². The summed E-state index contributed by atoms with van der Waals surface area (Å²) in [5.41, 5.74) is 3.80. The van der Waals surface area contributed by atoms with E-state index in [9.17, 15) is 5.11 Å². The Morgan fingerprint density at radius 2 is 2.00 bits per heavy atom. The molecule has 0 aliphatic carbocycles. The number of hydrogen-bond donors (Lipinski definition) is 1. The molecule has 2 aromatic rings. The Hall–Kier alpha value is -0.710. The van der Waals surface area contributed by atoms with Crippen molar-refractivity contribution in [3.8, 4) is 0 Å². The normalized spacial score (nSPS) is 12.7. The van der Waals surface area contributed by atoms with Crippen molar-refractivity contribution in [2.45, 2.75) is 13.0 Å². The second-order valence-electron chi connectivity index (χ2n) is 3.32. The Labute approximate surface area is 101 Å². The van der Waals surface area contributed by atoms with Gasteiger partial charge >= 0.3 is 0 Å². The molecule has 0 bridgehead atoms. The summed E-state index contributed by atoms with van der Waals surface area (Å²) in [5.74, 6) is 0. The predicted molar refractivity (Wildman–Crippen MR) is 65.1 cm³/mol. The number of aromatic nitrogens is 1. The molecule has 1 unspecified atom stereocenters. The SMILES string of the molecule is Cc1ccc(C(O)c2scnc2Br)cc1. The van der Waals surface area contributed by atoms with Gasteiger partial charge in [-0.15, -0.1) is 11.3 Å². The largest absolute Gasteiger partial charge is 0.383 e. The van der Waals surface area contributed by atoms with Crippen molar-refractivity contribution in [2.24, 2.45) is 0 Å². The van der Waals surface area contributed by atoms with Gasteiger partial charge in [-0.25, -0.2) is 4.98 Å². The highest BCUT2D eigenvalue weighted by atomic mass is 79.9. The van der Waals surface area contributed by atoms with E-state index in [2.05, 4.69) is 20.9 Å². The Bertz CT molecular complexity index is 452. The molecule has 0 radical (unpaired) electrons. The van der Waals surface area contributed by atoms with Crippen molar-refractivity contribution < 1.29 is 5.11 Å². The monoisotopic (exact) mass is 283 g/mol. The topological polar surface area (TPSA) is 33.1 Å². The molecule has 0 amide bonds. The molecule has 15 heavy (non-hydrogen) atoms. The molecule has 0 saturated heterocycles. The number of benzene rings is 1. The fraction of sp³-hybridized carbons (Fsp3) is 0.182. The molecular weight excluding hydrogens is 274 g/mol. The van der Waals surface area contributed by atoms with Gasteiger partial charge in [0.05, 0.1) is 10.4 Å². The van der Waals surface area contributed by atoms with Gasteiger partial charge in [0.25, 0.3) is 0 Å². The van der Waals surface area contributed by atoms with Crippen LogP contribution < -0.4 is 0 Å². The number of aliphatic hydroxyl groups excluding tert-OH is 1. The summed E-state index contributed by atoms with van der Waals surface area (Å²) in [4.78, 5) is 4.90. The molecule has 4 heteroatoms. The van der Waals surface area contributed by atoms with Gasteiger partial charge in [-0.2, -0.15) is 0 Å². The zero-order valence-electron chi connectivity index (χ0n) is 8.14. The van der Waals surface area contributed by atoms with Crippen LogP contribution in [0.2, 0.25) is 0 Å². The molecule has 2 rings (SSSR count). The minimum absolute atomic E-state index is 0.590. The lowest BCUT2D eigenvalue weighted by Gasteiger charge is -2.09. The average molecular weight is 284 g/mol. The van der Waals surface area contributed by atoms with Gasteiger partial charge in [0, 0.05) is 0 Å². The van der Waals surface area contributed by atoms with Crippen molar-refractivity contribution in [3.63, 3.8) is 0 Å². The third-order valence-electron chi connectivity index (χ3n) is 2.19. The van der Waals surface area contributed by atoms with Gasteiger partial charge < -0.3 is 5.11 Å². The van der Waals surface area contributed by atoms with Crippen molar-refractivity contribution in [2.75, 3.05) is 0 Å². The molecule has 2 nitrogen and oxygen atoms in total. The van der Waals surface area contributed by atoms with Crippen molar-refractivity contribution in [3.05, 3.63) is 50.4 Å². The fourth-order valence-corrected chi connectivity index (χ4v) is 2.74. The summed E-state index contributed by atoms with van der Waals surface area (Å²) in [6.45, 7) is 2.03. The fourth-order valence-electron chi connectivity index (χ4n) is 1.32. The molecule has 1 atom stereocenters. The number of halogens is 1. The van der Waals surface area contributed by atoms with Crippen molar-refractivity contribution >= 4 is 27.3 Å². The van der Waals surface area contributed by atoms with E-state index in [4.69, 9.17) is 0 Å². The van der Waals surface area contributed by atoms with Gasteiger partial charge in [-0.05, 0) is 28.4 Å². The van der Waals surface area contributed by atoms with Crippen LogP contribution in [-0.2, 0) is 0 Å². The Balaban J connectivity index is 2.32. The second kappa shape index (κ2) is 4.43. The molecule has 1 heterocycles. The van der Waals surface area contributed by atoms with Crippen LogP contribution in [0.15, 0.2) is 34.4 Å². The summed E-state index contributed by atoms with van der Waals surface area (Å²) in [7, 11) is 0. The van der Waals surface area contributed by atoms with Crippen LogP contribution in [0.4, 0.5) is 0 Å². The molecule has 0 saturated carbocycles. The molecule has 1 aromatic heterocycles. The highest BCUT2D eigenvalue weighted by molar-refractivity contribution is 9.10. The lowest BCUT2D eigenvalue weighted by Crippen LogP contribution is -1.97. The first-order chi connectivity index (χ1) is 7.18. The quantitative estimate of drug-likeness (QED) is 0.918. The maximum Gasteiger partial charge on any atom is 0.123 e. The van der Waals surface area contributed by atoms with E-state index in [1.165, 1.54) is 16.9 Å². The number of rotatable bonds is 2. The van der Waals surface area contributed by atoms with Crippen LogP contribution in [0.25, 0.3) is 0 Å². The number of hydrogen-bond acceptors (Lipinski definition) is 3. The number of thiazole rings is 1. The molecule has 78 valence electrons. The van der Waals surface area contributed by atoms with Gasteiger partial charge in [0.15, 0.2) is 0 Å². The summed E-state index contributed by atoms with van der Waals surface area (Å²) in [5, 5.41) is 10.1. The lowest BCUT2D eigenvalue weighted by atomic mass is 10.1. The minimum atomic E-state index is -0.590. The first-order valence-electron chi connectivity index (χ1n) is 4.52. The third kappa shape index (κ3) is 2.27. The molecule has 0 spiro atoms. The van der Waals surface area contributed by atoms with E-state index >= 15 is 0 Å². The van der Waals surface area contributed by atoms with Crippen LogP contribution in [0.3, 0.4) is 0 Å². The van der Waals surface area contributed by atoms with Gasteiger partial charge in [0.1, 0.15) is 10.7 Å². The average Bonchev–Trinajstić information content (AvgIpc) is 2.65. The zero-order chi connectivity index (χ0) is 10.8. The van der Waals surface area contributed by atoms with Crippen LogP contribution in [0, 0.1) is 6.92 Å². The molecular formula is C11H10BrNOS. The molecule has 1 N–H and O–H groups in total. The van der Waals surface area contributed by atoms with Crippen LogP contribution in [0.1, 0.15) is 22.1 Å². The second-order valence-corrected chi connectivity index (χ2v) is 4.96. The summed E-state index contributed by atoms with van der Waals surface area (Å²) in [6, 6.07) is 7.86. The summed E-state index contributed by atoms with van der Waals surface area (Å²) in [6.07, 6.45) is -0.590. The van der Waals surface area contributed by atoms with Gasteiger partial charge in [-0.1, -0.05) is 29.8 Å². The van der Waals surface area contributed by atoms with Gasteiger partial charge in [-0.3, -0.25) is 0 Å². The minimum Gasteiger partial charge on any atom is -0.383 e. The lowest BCUT2D eigenvalue weighted by molar-refractivity contribution is 0.223. The number of aliphatic hydroxyl groups is 1. The van der Waals surface area contributed by atoms with E-state index in [1.807, 2.05) is 31.2 Å². The van der Waals surface area contributed by atoms with Crippen LogP contribution in [0.5, 0.6) is 0 Å². The zero-order valence-corrected chi connectivity index (χ0v) is 10.5. The number of aryl methyl sites for hydroxylation is 1. The standard InChI is InChI=1S/C11H10BrNOS/c1-7-2-4-8(5-3-7)9(14)10-11(12)13-6-15-10/h2-6,9,14H,1H3. The Morgan fingerprint density at radius 3 is 2.53 bits per heavy atom. The molecule has 1 aromatic carbocycles. The van der Waals surface area contributed by atoms with Crippen molar-refractivity contribution in [1.29, 1.82) is 0 Å². The van der Waals surface area contributed by atoms with Crippen LogP contribution in [-0.4, -0.2) is 10.1 Å². The maximum absolute atomic E-state index is 10.1. The maximum atomic E-state index is 10.1. The summed E-state index contributed by atoms with van der Waals surface area (Å²) < 4.78 is 0.723. The first kappa shape index (κ1) is 10.8. The van der Waals surface area contributed by atoms with Gasteiger partial charge in [0.2, 0.25) is 0 Å². The Kier molecular flexibility index (Phi) is 3.19. The predicted octanol–water partition coefficient (Wildman–Crippen LogP) is 3.30. The van der Waals surface area contributed by atoms with Crippen LogP contribution >= 0.6 is 27.3 Å². The van der Waals surface area contributed by atoms with E-state index in [-0.39, 0.29) is 0 Å². The number of nitrogens with zero attached hydrogens (tertiary/aromatic N) is 1. The molecule has 0 fully saturated rings. The molecule has 0 aliphatic heterocycles. The van der Waals surface area contributed by atoms with E-state index in [1.54, 1.807) is 5.51 Å². The first-order valence-corrected chi connectivity index (χ1v) is 6.19. The van der Waals surface area contributed by atoms with Crippen molar-refractivity contribution in [1.82, 2.24) is 4.98 Å². The highest BCUT2D eigenvalue weighted by Crippen LogP contribution is 2.30. The highest BCUT2D eigenvalue weighted by Gasteiger charge is 2.15. The summed E-state index contributed by atoms with van der Waals surface area (Å²) >= 11 is 4.77. The molecule has 0 aliphatic rings. The smallest absolute Gasteiger partial charge is 0.123 e. The van der Waals surface area contributed by atoms with E-state index in [0.29, 0.717) is 0 Å². The third-order valence-corrected chi connectivity index (χ3v) is 3.97. The Morgan fingerprint density at radius 1 is 1.33 bits per heavy atom. The van der Waals surface area contributed by atoms with E-state index in [0.717, 1.165) is 15.0 Å².